The molecule has 2 N–H and O–H groups in total. The molecule has 0 aliphatic carbocycles. The van der Waals surface area contributed by atoms with Gasteiger partial charge in [0, 0.05) is 18.6 Å². The SMILES string of the molecule is CCNC1C(C(=O)O)CN(C)C1C(C)C. The van der Waals surface area contributed by atoms with Crippen molar-refractivity contribution in [2.24, 2.45) is 11.8 Å². The van der Waals surface area contributed by atoms with E-state index in [1.165, 1.54) is 0 Å². The van der Waals surface area contributed by atoms with Crippen molar-refractivity contribution < 1.29 is 9.90 Å². The fraction of sp³-hybridized carbons (Fsp3) is 0.909. The largest absolute Gasteiger partial charge is 0.481 e. The van der Waals surface area contributed by atoms with Crippen molar-refractivity contribution in [3.63, 3.8) is 0 Å². The third-order valence-corrected chi connectivity index (χ3v) is 3.24. The van der Waals surface area contributed by atoms with Crippen LogP contribution in [0.4, 0.5) is 0 Å². The second kappa shape index (κ2) is 4.94. The Balaban J connectivity index is 2.82. The van der Waals surface area contributed by atoms with Gasteiger partial charge in [0.15, 0.2) is 0 Å². The molecule has 1 fully saturated rings. The van der Waals surface area contributed by atoms with Crippen LogP contribution >= 0.6 is 0 Å². The Morgan fingerprint density at radius 3 is 2.60 bits per heavy atom. The van der Waals surface area contributed by atoms with E-state index in [4.69, 9.17) is 5.11 Å². The first-order valence-electron chi connectivity index (χ1n) is 5.65. The molecule has 4 nitrogen and oxygen atoms in total. The summed E-state index contributed by atoms with van der Waals surface area (Å²) in [7, 11) is 2.01. The molecule has 0 aromatic carbocycles. The van der Waals surface area contributed by atoms with Crippen molar-refractivity contribution in [2.75, 3.05) is 20.1 Å². The fourth-order valence-corrected chi connectivity index (χ4v) is 2.71. The zero-order valence-electron chi connectivity index (χ0n) is 10.0. The summed E-state index contributed by atoms with van der Waals surface area (Å²) < 4.78 is 0. The first-order valence-corrected chi connectivity index (χ1v) is 5.65. The number of hydrogen-bond donors (Lipinski definition) is 2. The average molecular weight is 214 g/mol. The predicted molar refractivity (Wildman–Crippen MR) is 59.8 cm³/mol. The van der Waals surface area contributed by atoms with Gasteiger partial charge in [0.2, 0.25) is 0 Å². The number of nitrogens with zero attached hydrogens (tertiary/aromatic N) is 1. The molecule has 1 rings (SSSR count). The smallest absolute Gasteiger partial charge is 0.309 e. The van der Waals surface area contributed by atoms with Crippen molar-refractivity contribution in [2.45, 2.75) is 32.9 Å². The summed E-state index contributed by atoms with van der Waals surface area (Å²) in [5.74, 6) is -0.485. The molecule has 15 heavy (non-hydrogen) atoms. The van der Waals surface area contributed by atoms with Crippen LogP contribution in [-0.2, 0) is 4.79 Å². The Labute approximate surface area is 91.6 Å². The maximum Gasteiger partial charge on any atom is 0.309 e. The predicted octanol–water partition coefficient (Wildman–Crippen LogP) is 0.635. The third-order valence-electron chi connectivity index (χ3n) is 3.24. The number of rotatable bonds is 4. The quantitative estimate of drug-likeness (QED) is 0.721. The second-order valence-electron chi connectivity index (χ2n) is 4.70. The Kier molecular flexibility index (Phi) is 4.11. The molecule has 3 unspecified atom stereocenters. The molecule has 88 valence electrons. The third kappa shape index (κ3) is 2.49. The molecule has 1 aliphatic heterocycles. The fourth-order valence-electron chi connectivity index (χ4n) is 2.71. The highest BCUT2D eigenvalue weighted by atomic mass is 16.4. The van der Waals surface area contributed by atoms with Crippen molar-refractivity contribution in [3.8, 4) is 0 Å². The monoisotopic (exact) mass is 214 g/mol. The van der Waals surface area contributed by atoms with E-state index in [2.05, 4.69) is 24.1 Å². The summed E-state index contributed by atoms with van der Waals surface area (Å²) in [6.45, 7) is 7.79. The molecule has 1 saturated heterocycles. The Morgan fingerprint density at radius 1 is 1.60 bits per heavy atom. The highest BCUT2D eigenvalue weighted by Crippen LogP contribution is 2.27. The maximum absolute atomic E-state index is 11.1. The van der Waals surface area contributed by atoms with Crippen LogP contribution in [0.5, 0.6) is 0 Å². The molecule has 0 aromatic heterocycles. The van der Waals surface area contributed by atoms with Crippen LogP contribution in [0.1, 0.15) is 20.8 Å². The lowest BCUT2D eigenvalue weighted by molar-refractivity contribution is -0.141. The standard InChI is InChI=1S/C11H22N2O2/c1-5-12-9-8(11(14)15)6-13(4)10(9)7(2)3/h7-10,12H,5-6H2,1-4H3,(H,14,15). The van der Waals surface area contributed by atoms with E-state index in [0.717, 1.165) is 6.54 Å². The highest BCUT2D eigenvalue weighted by Gasteiger charge is 2.44. The lowest BCUT2D eigenvalue weighted by Crippen LogP contribution is -2.47. The minimum atomic E-state index is -0.684. The van der Waals surface area contributed by atoms with Crippen molar-refractivity contribution in [3.05, 3.63) is 0 Å². The number of aliphatic carboxylic acids is 1. The van der Waals surface area contributed by atoms with Gasteiger partial charge in [-0.15, -0.1) is 0 Å². The Morgan fingerprint density at radius 2 is 2.20 bits per heavy atom. The van der Waals surface area contributed by atoms with Gasteiger partial charge in [-0.1, -0.05) is 20.8 Å². The molecule has 0 bridgehead atoms. The summed E-state index contributed by atoms with van der Waals surface area (Å²) in [6.07, 6.45) is 0. The van der Waals surface area contributed by atoms with Crippen LogP contribution in [0.15, 0.2) is 0 Å². The van der Waals surface area contributed by atoms with E-state index in [9.17, 15) is 4.79 Å². The number of carbonyl (C=O) groups is 1. The van der Waals surface area contributed by atoms with Gasteiger partial charge in [0.25, 0.3) is 0 Å². The Hall–Kier alpha value is -0.610. The van der Waals surface area contributed by atoms with Gasteiger partial charge < -0.3 is 15.3 Å². The molecular formula is C11H22N2O2. The molecule has 4 heteroatoms. The molecule has 1 heterocycles. The van der Waals surface area contributed by atoms with Gasteiger partial charge in [-0.2, -0.15) is 0 Å². The number of likely N-dealkylation sites (tertiary alicyclic amines) is 1. The maximum atomic E-state index is 11.1. The van der Waals surface area contributed by atoms with Gasteiger partial charge in [0.1, 0.15) is 0 Å². The van der Waals surface area contributed by atoms with Crippen molar-refractivity contribution >= 4 is 5.97 Å². The molecule has 0 aromatic rings. The minimum absolute atomic E-state index is 0.0810. The summed E-state index contributed by atoms with van der Waals surface area (Å²) in [5, 5.41) is 12.5. The van der Waals surface area contributed by atoms with Crippen LogP contribution in [0.2, 0.25) is 0 Å². The van der Waals surface area contributed by atoms with Crippen molar-refractivity contribution in [1.29, 1.82) is 0 Å². The highest BCUT2D eigenvalue weighted by molar-refractivity contribution is 5.72. The van der Waals surface area contributed by atoms with E-state index < -0.39 is 5.97 Å². The molecular weight excluding hydrogens is 192 g/mol. The van der Waals surface area contributed by atoms with E-state index in [1.54, 1.807) is 0 Å². The summed E-state index contributed by atoms with van der Waals surface area (Å²) in [6, 6.07) is 0.406. The van der Waals surface area contributed by atoms with Gasteiger partial charge in [-0.25, -0.2) is 0 Å². The van der Waals surface area contributed by atoms with Gasteiger partial charge >= 0.3 is 5.97 Å². The van der Waals surface area contributed by atoms with Gasteiger partial charge in [0.05, 0.1) is 5.92 Å². The molecule has 1 aliphatic rings. The van der Waals surface area contributed by atoms with E-state index in [-0.39, 0.29) is 12.0 Å². The normalized spacial score (nSPS) is 32.5. The van der Waals surface area contributed by atoms with Crippen LogP contribution in [0.3, 0.4) is 0 Å². The molecule has 0 radical (unpaired) electrons. The zero-order valence-corrected chi connectivity index (χ0v) is 10.0. The zero-order chi connectivity index (χ0) is 11.6. The van der Waals surface area contributed by atoms with E-state index in [0.29, 0.717) is 18.5 Å². The van der Waals surface area contributed by atoms with Crippen LogP contribution < -0.4 is 5.32 Å². The number of likely N-dealkylation sites (N-methyl/N-ethyl adjacent to an activating group) is 2. The molecule has 0 saturated carbocycles. The first-order chi connectivity index (χ1) is 6.99. The van der Waals surface area contributed by atoms with E-state index in [1.807, 2.05) is 14.0 Å². The van der Waals surface area contributed by atoms with Crippen molar-refractivity contribution in [1.82, 2.24) is 10.2 Å². The van der Waals surface area contributed by atoms with Gasteiger partial charge in [-0.3, -0.25) is 4.79 Å². The second-order valence-corrected chi connectivity index (χ2v) is 4.70. The van der Waals surface area contributed by atoms with Crippen LogP contribution in [0, 0.1) is 11.8 Å². The summed E-state index contributed by atoms with van der Waals surface area (Å²) in [5.41, 5.74) is 0. The molecule has 3 atom stereocenters. The number of hydrogen-bond acceptors (Lipinski definition) is 3. The summed E-state index contributed by atoms with van der Waals surface area (Å²) in [4.78, 5) is 13.3. The molecule has 0 spiro atoms. The lowest BCUT2D eigenvalue weighted by Gasteiger charge is -2.29. The van der Waals surface area contributed by atoms with Crippen LogP contribution in [0.25, 0.3) is 0 Å². The lowest BCUT2D eigenvalue weighted by atomic mass is 9.91. The first kappa shape index (κ1) is 12.5. The minimum Gasteiger partial charge on any atom is -0.481 e. The number of carboxylic acid groups (broad SMARTS) is 1. The van der Waals surface area contributed by atoms with Crippen LogP contribution in [-0.4, -0.2) is 48.2 Å². The Bertz CT molecular complexity index is 231. The topological polar surface area (TPSA) is 52.6 Å². The number of carboxylic acids is 1. The average Bonchev–Trinajstić information content (AvgIpc) is 2.43. The number of nitrogens with one attached hydrogen (secondary N) is 1. The molecule has 0 amide bonds. The summed E-state index contributed by atoms with van der Waals surface area (Å²) >= 11 is 0. The van der Waals surface area contributed by atoms with E-state index >= 15 is 0 Å². The van der Waals surface area contributed by atoms with Gasteiger partial charge in [-0.05, 0) is 19.5 Å².